The molecule has 0 radical (unpaired) electrons. The van der Waals surface area contributed by atoms with E-state index >= 15 is 0 Å². The highest BCUT2D eigenvalue weighted by molar-refractivity contribution is 4.78. The highest BCUT2D eigenvalue weighted by atomic mass is 15.1. The monoisotopic (exact) mass is 252 g/mol. The Morgan fingerprint density at radius 3 is 2.44 bits per heavy atom. The quantitative estimate of drug-likeness (QED) is 0.808. The van der Waals surface area contributed by atoms with Crippen molar-refractivity contribution in [1.82, 2.24) is 10.2 Å². The van der Waals surface area contributed by atoms with Crippen LogP contribution in [0.2, 0.25) is 0 Å². The van der Waals surface area contributed by atoms with Gasteiger partial charge in [0.15, 0.2) is 0 Å². The molecule has 1 N–H and O–H groups in total. The zero-order valence-electron chi connectivity index (χ0n) is 12.5. The maximum atomic E-state index is 3.61. The summed E-state index contributed by atoms with van der Waals surface area (Å²) in [5, 5.41) is 3.61. The van der Waals surface area contributed by atoms with E-state index in [1.54, 1.807) is 0 Å². The summed E-state index contributed by atoms with van der Waals surface area (Å²) in [4.78, 5) is 2.76. The van der Waals surface area contributed by atoms with Gasteiger partial charge in [-0.1, -0.05) is 33.1 Å². The van der Waals surface area contributed by atoms with Crippen molar-refractivity contribution < 1.29 is 0 Å². The van der Waals surface area contributed by atoms with Crippen LogP contribution >= 0.6 is 0 Å². The minimum Gasteiger partial charge on any atom is -0.314 e. The van der Waals surface area contributed by atoms with Crippen LogP contribution in [0.3, 0.4) is 0 Å². The van der Waals surface area contributed by atoms with Crippen molar-refractivity contribution in [2.45, 2.75) is 64.8 Å². The number of likely N-dealkylation sites (tertiary alicyclic amines) is 1. The number of hydrogen-bond donors (Lipinski definition) is 1. The van der Waals surface area contributed by atoms with Gasteiger partial charge < -0.3 is 10.2 Å². The van der Waals surface area contributed by atoms with E-state index in [1.165, 1.54) is 71.1 Å². The van der Waals surface area contributed by atoms with E-state index in [0.717, 1.165) is 11.8 Å². The number of rotatable bonds is 5. The molecule has 2 aliphatic rings. The van der Waals surface area contributed by atoms with Gasteiger partial charge in [-0.05, 0) is 50.6 Å². The fraction of sp³-hybridized carbons (Fsp3) is 1.00. The molecule has 106 valence electrons. The average molecular weight is 252 g/mol. The predicted octanol–water partition coefficient (Wildman–Crippen LogP) is 3.28. The van der Waals surface area contributed by atoms with Crippen LogP contribution in [0.15, 0.2) is 0 Å². The van der Waals surface area contributed by atoms with Gasteiger partial charge in [-0.25, -0.2) is 0 Å². The second kappa shape index (κ2) is 7.49. The molecule has 0 aromatic heterocycles. The third-order valence-electron chi connectivity index (χ3n) is 4.66. The zero-order chi connectivity index (χ0) is 12.8. The smallest absolute Gasteiger partial charge is 0.00219 e. The molecule has 18 heavy (non-hydrogen) atoms. The molecule has 0 aromatic carbocycles. The molecule has 1 aliphatic carbocycles. The van der Waals surface area contributed by atoms with Crippen LogP contribution in [0, 0.1) is 11.8 Å². The Labute approximate surface area is 114 Å². The molecule has 2 fully saturated rings. The van der Waals surface area contributed by atoms with Gasteiger partial charge in [0.05, 0.1) is 0 Å². The van der Waals surface area contributed by atoms with Crippen molar-refractivity contribution in [3.05, 3.63) is 0 Å². The summed E-state index contributed by atoms with van der Waals surface area (Å²) >= 11 is 0. The molecule has 0 amide bonds. The minimum absolute atomic E-state index is 0.638. The van der Waals surface area contributed by atoms with Crippen LogP contribution < -0.4 is 5.32 Å². The zero-order valence-corrected chi connectivity index (χ0v) is 12.5. The van der Waals surface area contributed by atoms with Crippen molar-refractivity contribution in [3.63, 3.8) is 0 Å². The van der Waals surface area contributed by atoms with Gasteiger partial charge >= 0.3 is 0 Å². The van der Waals surface area contributed by atoms with Gasteiger partial charge in [-0.2, -0.15) is 0 Å². The van der Waals surface area contributed by atoms with Crippen molar-refractivity contribution in [3.8, 4) is 0 Å². The van der Waals surface area contributed by atoms with Crippen LogP contribution in [0.25, 0.3) is 0 Å². The minimum atomic E-state index is 0.638. The summed E-state index contributed by atoms with van der Waals surface area (Å²) in [6, 6.07) is 0.638. The molecule has 0 aromatic rings. The SMILES string of the molecule is CC(C)NCC1CCCN(CC2CCCCC2)C1. The Morgan fingerprint density at radius 2 is 1.72 bits per heavy atom. The van der Waals surface area contributed by atoms with Crippen molar-refractivity contribution >= 4 is 0 Å². The normalized spacial score (nSPS) is 27.8. The molecule has 2 heteroatoms. The Bertz CT molecular complexity index is 221. The van der Waals surface area contributed by atoms with E-state index < -0.39 is 0 Å². The van der Waals surface area contributed by atoms with Crippen LogP contribution in [0.1, 0.15) is 58.8 Å². The van der Waals surface area contributed by atoms with Crippen LogP contribution in [0.5, 0.6) is 0 Å². The number of nitrogens with zero attached hydrogens (tertiary/aromatic N) is 1. The van der Waals surface area contributed by atoms with E-state index in [0.29, 0.717) is 6.04 Å². The number of piperidine rings is 1. The van der Waals surface area contributed by atoms with Gasteiger partial charge in [-0.3, -0.25) is 0 Å². The second-order valence-electron chi connectivity index (χ2n) is 6.83. The Hall–Kier alpha value is -0.0800. The van der Waals surface area contributed by atoms with Gasteiger partial charge in [0.2, 0.25) is 0 Å². The lowest BCUT2D eigenvalue weighted by Gasteiger charge is -2.36. The first-order valence-corrected chi connectivity index (χ1v) is 8.20. The Kier molecular flexibility index (Phi) is 5.97. The summed E-state index contributed by atoms with van der Waals surface area (Å²) in [6.07, 6.45) is 10.3. The lowest BCUT2D eigenvalue weighted by atomic mass is 9.88. The van der Waals surface area contributed by atoms with E-state index in [2.05, 4.69) is 24.1 Å². The molecule has 1 saturated heterocycles. The maximum absolute atomic E-state index is 3.61. The Balaban J connectivity index is 1.68. The molecule has 1 saturated carbocycles. The lowest BCUT2D eigenvalue weighted by Crippen LogP contribution is -2.43. The van der Waals surface area contributed by atoms with Crippen LogP contribution in [0.4, 0.5) is 0 Å². The third kappa shape index (κ3) is 4.89. The molecule has 0 spiro atoms. The highest BCUT2D eigenvalue weighted by Gasteiger charge is 2.23. The first-order chi connectivity index (χ1) is 8.74. The fourth-order valence-corrected chi connectivity index (χ4v) is 3.62. The summed E-state index contributed by atoms with van der Waals surface area (Å²) in [7, 11) is 0. The van der Waals surface area contributed by atoms with E-state index in [4.69, 9.17) is 0 Å². The average Bonchev–Trinajstić information content (AvgIpc) is 2.38. The van der Waals surface area contributed by atoms with E-state index in [-0.39, 0.29) is 0 Å². The van der Waals surface area contributed by atoms with Gasteiger partial charge in [0.25, 0.3) is 0 Å². The summed E-state index contributed by atoms with van der Waals surface area (Å²) in [5.41, 5.74) is 0. The number of hydrogen-bond acceptors (Lipinski definition) is 2. The first-order valence-electron chi connectivity index (χ1n) is 8.20. The predicted molar refractivity (Wildman–Crippen MR) is 78.9 cm³/mol. The maximum Gasteiger partial charge on any atom is 0.00219 e. The molecular weight excluding hydrogens is 220 g/mol. The number of nitrogens with one attached hydrogen (secondary N) is 1. The van der Waals surface area contributed by atoms with Crippen molar-refractivity contribution in [2.75, 3.05) is 26.2 Å². The van der Waals surface area contributed by atoms with E-state index in [1.807, 2.05) is 0 Å². The lowest BCUT2D eigenvalue weighted by molar-refractivity contribution is 0.135. The highest BCUT2D eigenvalue weighted by Crippen LogP contribution is 2.26. The second-order valence-corrected chi connectivity index (χ2v) is 6.83. The molecule has 1 atom stereocenters. The topological polar surface area (TPSA) is 15.3 Å². The summed E-state index contributed by atoms with van der Waals surface area (Å²) < 4.78 is 0. The Morgan fingerprint density at radius 1 is 1.00 bits per heavy atom. The van der Waals surface area contributed by atoms with Gasteiger partial charge in [0, 0.05) is 19.1 Å². The van der Waals surface area contributed by atoms with Gasteiger partial charge in [-0.15, -0.1) is 0 Å². The molecule has 2 nitrogen and oxygen atoms in total. The molecule has 1 unspecified atom stereocenters. The first kappa shape index (κ1) is 14.3. The standard InChI is InChI=1S/C16H32N2/c1-14(2)17-11-16-9-6-10-18(13-16)12-15-7-4-3-5-8-15/h14-17H,3-13H2,1-2H3. The third-order valence-corrected chi connectivity index (χ3v) is 4.66. The molecule has 0 bridgehead atoms. The largest absolute Gasteiger partial charge is 0.314 e. The molecule has 2 rings (SSSR count). The molecule has 1 aliphatic heterocycles. The summed E-state index contributed by atoms with van der Waals surface area (Å²) in [6.45, 7) is 9.81. The fourth-order valence-electron chi connectivity index (χ4n) is 3.62. The van der Waals surface area contributed by atoms with E-state index in [9.17, 15) is 0 Å². The van der Waals surface area contributed by atoms with Crippen molar-refractivity contribution in [1.29, 1.82) is 0 Å². The molecular formula is C16H32N2. The van der Waals surface area contributed by atoms with Gasteiger partial charge in [0.1, 0.15) is 0 Å². The van der Waals surface area contributed by atoms with Crippen LogP contribution in [-0.2, 0) is 0 Å². The van der Waals surface area contributed by atoms with Crippen molar-refractivity contribution in [2.24, 2.45) is 11.8 Å². The van der Waals surface area contributed by atoms with Crippen LogP contribution in [-0.4, -0.2) is 37.1 Å². The molecule has 1 heterocycles. The summed E-state index contributed by atoms with van der Waals surface area (Å²) in [5.74, 6) is 1.90.